The number of thioether (sulfide) groups is 1. The lowest BCUT2D eigenvalue weighted by Gasteiger charge is -2.17. The highest BCUT2D eigenvalue weighted by Gasteiger charge is 2.13. The van der Waals surface area contributed by atoms with Crippen LogP contribution in [-0.2, 0) is 11.3 Å². The Bertz CT molecular complexity index is 665. The quantitative estimate of drug-likeness (QED) is 0.809. The standard InChI is InChI=1S/C13H15FN4O2S2/c1-18(6-8-3-4-10(20-2)9(14)5-8)11(19)7-21-13-17-16-12(15)22-13/h3-5H,6-7H2,1-2H3,(H2,15,16). The molecule has 1 aromatic heterocycles. The number of ether oxygens (including phenoxy) is 1. The van der Waals surface area contributed by atoms with E-state index in [9.17, 15) is 9.18 Å². The fourth-order valence-electron chi connectivity index (χ4n) is 1.68. The van der Waals surface area contributed by atoms with E-state index in [-0.39, 0.29) is 17.4 Å². The maximum atomic E-state index is 13.6. The van der Waals surface area contributed by atoms with Gasteiger partial charge in [0.15, 0.2) is 15.9 Å². The lowest BCUT2D eigenvalue weighted by atomic mass is 10.2. The summed E-state index contributed by atoms with van der Waals surface area (Å²) in [6.45, 7) is 0.318. The smallest absolute Gasteiger partial charge is 0.233 e. The second kappa shape index (κ2) is 7.41. The number of halogens is 1. The highest BCUT2D eigenvalue weighted by atomic mass is 32.2. The highest BCUT2D eigenvalue weighted by molar-refractivity contribution is 8.01. The second-order valence-corrected chi connectivity index (χ2v) is 6.65. The number of hydrogen-bond donors (Lipinski definition) is 1. The predicted molar refractivity (Wildman–Crippen MR) is 84.5 cm³/mol. The lowest BCUT2D eigenvalue weighted by Crippen LogP contribution is -2.27. The lowest BCUT2D eigenvalue weighted by molar-refractivity contribution is -0.127. The molecule has 0 radical (unpaired) electrons. The number of anilines is 1. The SMILES string of the molecule is COc1ccc(CN(C)C(=O)CSc2nnc(N)s2)cc1F. The van der Waals surface area contributed by atoms with Crippen molar-refractivity contribution in [2.75, 3.05) is 25.6 Å². The largest absolute Gasteiger partial charge is 0.494 e. The average Bonchev–Trinajstić information content (AvgIpc) is 2.90. The van der Waals surface area contributed by atoms with Gasteiger partial charge in [-0.25, -0.2) is 4.39 Å². The average molecular weight is 342 g/mol. The van der Waals surface area contributed by atoms with Crippen LogP contribution in [0.1, 0.15) is 5.56 Å². The maximum Gasteiger partial charge on any atom is 0.233 e. The van der Waals surface area contributed by atoms with Crippen molar-refractivity contribution >= 4 is 34.1 Å². The molecule has 2 aromatic rings. The van der Waals surface area contributed by atoms with Crippen molar-refractivity contribution in [3.05, 3.63) is 29.6 Å². The molecule has 0 aliphatic heterocycles. The van der Waals surface area contributed by atoms with Crippen LogP contribution in [0.5, 0.6) is 5.75 Å². The van der Waals surface area contributed by atoms with Crippen molar-refractivity contribution in [1.82, 2.24) is 15.1 Å². The molecule has 118 valence electrons. The third-order valence-corrected chi connectivity index (χ3v) is 4.67. The van der Waals surface area contributed by atoms with Crippen LogP contribution in [0.2, 0.25) is 0 Å². The van der Waals surface area contributed by atoms with E-state index in [1.807, 2.05) is 0 Å². The van der Waals surface area contributed by atoms with Gasteiger partial charge in [0.25, 0.3) is 0 Å². The van der Waals surface area contributed by atoms with E-state index in [1.165, 1.54) is 41.2 Å². The third-order valence-electron chi connectivity index (χ3n) is 2.80. The van der Waals surface area contributed by atoms with E-state index >= 15 is 0 Å². The van der Waals surface area contributed by atoms with Gasteiger partial charge in [-0.05, 0) is 17.7 Å². The molecule has 2 N–H and O–H groups in total. The number of carbonyl (C=O) groups excluding carboxylic acids is 1. The van der Waals surface area contributed by atoms with E-state index in [0.29, 0.717) is 21.6 Å². The summed E-state index contributed by atoms with van der Waals surface area (Å²) in [5.74, 6) is -0.124. The monoisotopic (exact) mass is 342 g/mol. The van der Waals surface area contributed by atoms with Crippen LogP contribution in [0.4, 0.5) is 9.52 Å². The molecule has 0 unspecified atom stereocenters. The number of amides is 1. The second-order valence-electron chi connectivity index (χ2n) is 4.41. The molecule has 0 aliphatic carbocycles. The summed E-state index contributed by atoms with van der Waals surface area (Å²) < 4.78 is 19.1. The van der Waals surface area contributed by atoms with Crippen molar-refractivity contribution in [2.24, 2.45) is 0 Å². The molecule has 1 amide bonds. The Morgan fingerprint density at radius 1 is 1.50 bits per heavy atom. The van der Waals surface area contributed by atoms with E-state index < -0.39 is 5.82 Å². The molecule has 0 bridgehead atoms. The molecule has 2 rings (SSSR count). The molecule has 6 nitrogen and oxygen atoms in total. The number of aromatic nitrogens is 2. The van der Waals surface area contributed by atoms with Crippen molar-refractivity contribution in [1.29, 1.82) is 0 Å². The van der Waals surface area contributed by atoms with Crippen molar-refractivity contribution < 1.29 is 13.9 Å². The maximum absolute atomic E-state index is 13.6. The summed E-state index contributed by atoms with van der Waals surface area (Å²) in [7, 11) is 3.07. The Kier molecular flexibility index (Phi) is 5.56. The fraction of sp³-hybridized carbons (Fsp3) is 0.308. The molecular formula is C13H15FN4O2S2. The van der Waals surface area contributed by atoms with Gasteiger partial charge in [-0.1, -0.05) is 29.2 Å². The van der Waals surface area contributed by atoms with Gasteiger partial charge in [0.2, 0.25) is 11.0 Å². The number of hydrogen-bond acceptors (Lipinski definition) is 7. The van der Waals surface area contributed by atoms with Crippen LogP contribution >= 0.6 is 23.1 Å². The Morgan fingerprint density at radius 3 is 2.86 bits per heavy atom. The van der Waals surface area contributed by atoms with E-state index in [2.05, 4.69) is 10.2 Å². The molecule has 0 spiro atoms. The van der Waals surface area contributed by atoms with Gasteiger partial charge in [0.1, 0.15) is 0 Å². The van der Waals surface area contributed by atoms with Crippen LogP contribution in [0, 0.1) is 5.82 Å². The minimum Gasteiger partial charge on any atom is -0.494 e. The van der Waals surface area contributed by atoms with E-state index in [0.717, 1.165) is 0 Å². The zero-order valence-electron chi connectivity index (χ0n) is 12.1. The number of benzene rings is 1. The molecular weight excluding hydrogens is 327 g/mol. The van der Waals surface area contributed by atoms with Crippen molar-refractivity contribution in [3.63, 3.8) is 0 Å². The number of nitrogens with zero attached hydrogens (tertiary/aromatic N) is 3. The van der Waals surface area contributed by atoms with Crippen molar-refractivity contribution in [3.8, 4) is 5.75 Å². The Balaban J connectivity index is 1.89. The zero-order valence-corrected chi connectivity index (χ0v) is 13.7. The first-order valence-electron chi connectivity index (χ1n) is 6.27. The van der Waals surface area contributed by atoms with Crippen LogP contribution in [0.25, 0.3) is 0 Å². The van der Waals surface area contributed by atoms with Gasteiger partial charge in [-0.3, -0.25) is 4.79 Å². The highest BCUT2D eigenvalue weighted by Crippen LogP contribution is 2.24. The molecule has 9 heteroatoms. The summed E-state index contributed by atoms with van der Waals surface area (Å²) in [4.78, 5) is 13.6. The first-order chi connectivity index (χ1) is 10.5. The van der Waals surface area contributed by atoms with Crippen LogP contribution in [0.3, 0.4) is 0 Å². The number of rotatable bonds is 6. The summed E-state index contributed by atoms with van der Waals surface area (Å²) >= 11 is 2.51. The minimum atomic E-state index is -0.445. The van der Waals surface area contributed by atoms with Crippen LogP contribution < -0.4 is 10.5 Å². The van der Waals surface area contributed by atoms with Crippen LogP contribution in [-0.4, -0.2) is 40.9 Å². The van der Waals surface area contributed by atoms with E-state index in [4.69, 9.17) is 10.5 Å². The van der Waals surface area contributed by atoms with Gasteiger partial charge in [0, 0.05) is 13.6 Å². The predicted octanol–water partition coefficient (Wildman–Crippen LogP) is 2.02. The zero-order chi connectivity index (χ0) is 16.1. The van der Waals surface area contributed by atoms with Gasteiger partial charge in [-0.15, -0.1) is 10.2 Å². The van der Waals surface area contributed by atoms with Gasteiger partial charge in [0.05, 0.1) is 12.9 Å². The molecule has 0 saturated carbocycles. The normalized spacial score (nSPS) is 10.5. The molecule has 22 heavy (non-hydrogen) atoms. The van der Waals surface area contributed by atoms with Gasteiger partial charge >= 0.3 is 0 Å². The number of nitrogens with two attached hydrogens (primary N) is 1. The first kappa shape index (κ1) is 16.5. The molecule has 1 aromatic carbocycles. The third kappa shape index (κ3) is 4.31. The topological polar surface area (TPSA) is 81.3 Å². The van der Waals surface area contributed by atoms with E-state index in [1.54, 1.807) is 19.2 Å². The Labute approximate surface area is 135 Å². The molecule has 0 atom stereocenters. The number of carbonyl (C=O) groups is 1. The molecule has 0 aliphatic rings. The number of methoxy groups -OCH3 is 1. The first-order valence-corrected chi connectivity index (χ1v) is 8.08. The summed E-state index contributed by atoms with van der Waals surface area (Å²) in [5, 5.41) is 7.89. The van der Waals surface area contributed by atoms with Gasteiger partial charge in [-0.2, -0.15) is 0 Å². The van der Waals surface area contributed by atoms with Crippen molar-refractivity contribution in [2.45, 2.75) is 10.9 Å². The molecule has 0 fully saturated rings. The fourth-order valence-corrected chi connectivity index (χ4v) is 3.26. The molecule has 0 saturated heterocycles. The Hall–Kier alpha value is -1.87. The Morgan fingerprint density at radius 2 is 2.27 bits per heavy atom. The van der Waals surface area contributed by atoms with Crippen LogP contribution in [0.15, 0.2) is 22.5 Å². The van der Waals surface area contributed by atoms with Gasteiger partial charge < -0.3 is 15.4 Å². The summed E-state index contributed by atoms with van der Waals surface area (Å²) in [6, 6.07) is 4.63. The minimum absolute atomic E-state index is 0.0880. The summed E-state index contributed by atoms with van der Waals surface area (Å²) in [5.41, 5.74) is 6.17. The number of nitrogen functional groups attached to an aromatic ring is 1. The summed E-state index contributed by atoms with van der Waals surface area (Å²) in [6.07, 6.45) is 0. The molecule has 1 heterocycles.